The third-order valence-corrected chi connectivity index (χ3v) is 3.96. The number of aromatic hydroxyl groups is 2. The van der Waals surface area contributed by atoms with Crippen LogP contribution in [0.2, 0.25) is 0 Å². The van der Waals surface area contributed by atoms with Crippen LogP contribution in [0.5, 0.6) is 11.5 Å². The Bertz CT molecular complexity index is 1120. The average molecular weight is 490 g/mol. The number of phenolic OH excluding ortho intramolecular Hbond substituents is 2. The maximum absolute atomic E-state index is 12.0. The second-order valence-electron chi connectivity index (χ2n) is 6.67. The molecule has 0 saturated heterocycles. The number of carbonyl (C=O) groups is 4. The first-order valence-corrected chi connectivity index (χ1v) is 9.53. The summed E-state index contributed by atoms with van der Waals surface area (Å²) in [4.78, 5) is 47.0. The van der Waals surface area contributed by atoms with Crippen molar-refractivity contribution >= 4 is 30.0 Å². The SMILES string of the molecule is C=C\C(O)=C(O)/C=C(C)/C=C/C(=O)OC(C(=O)O)C(OC(=O)/C=C/c1ccc(O)c(O)c1)C(=O)O. The lowest BCUT2D eigenvalue weighted by molar-refractivity contribution is -0.183. The minimum absolute atomic E-state index is 0.214. The molecule has 0 aliphatic rings. The molecule has 1 aromatic carbocycles. The molecule has 0 bridgehead atoms. The van der Waals surface area contributed by atoms with Gasteiger partial charge in [-0.25, -0.2) is 19.2 Å². The van der Waals surface area contributed by atoms with Gasteiger partial charge in [0.15, 0.2) is 23.0 Å². The van der Waals surface area contributed by atoms with E-state index in [1.54, 1.807) is 0 Å². The summed E-state index contributed by atoms with van der Waals surface area (Å²) in [5, 5.41) is 56.1. The monoisotopic (exact) mass is 490 g/mol. The summed E-state index contributed by atoms with van der Waals surface area (Å²) < 4.78 is 9.24. The summed E-state index contributed by atoms with van der Waals surface area (Å²) in [7, 11) is 0. The van der Waals surface area contributed by atoms with Gasteiger partial charge in [0, 0.05) is 12.2 Å². The number of aliphatic carboxylic acids is 2. The number of esters is 2. The first kappa shape index (κ1) is 28.0. The highest BCUT2D eigenvalue weighted by Crippen LogP contribution is 2.25. The highest BCUT2D eigenvalue weighted by Gasteiger charge is 2.40. The maximum Gasteiger partial charge on any atom is 0.349 e. The number of carboxylic acids is 2. The van der Waals surface area contributed by atoms with Crippen LogP contribution in [0.15, 0.2) is 72.2 Å². The summed E-state index contributed by atoms with van der Waals surface area (Å²) >= 11 is 0. The van der Waals surface area contributed by atoms with Gasteiger partial charge >= 0.3 is 23.9 Å². The van der Waals surface area contributed by atoms with Gasteiger partial charge in [-0.2, -0.15) is 0 Å². The number of ether oxygens (including phenoxy) is 2. The second kappa shape index (κ2) is 12.9. The number of benzene rings is 1. The van der Waals surface area contributed by atoms with Crippen LogP contribution in [0.4, 0.5) is 0 Å². The minimum atomic E-state index is -2.41. The van der Waals surface area contributed by atoms with Crippen molar-refractivity contribution in [3.05, 3.63) is 77.8 Å². The van der Waals surface area contributed by atoms with Gasteiger partial charge in [-0.3, -0.25) is 0 Å². The molecular formula is C23H22O12. The van der Waals surface area contributed by atoms with Gasteiger partial charge in [0.2, 0.25) is 12.2 Å². The zero-order chi connectivity index (χ0) is 26.7. The van der Waals surface area contributed by atoms with Crippen LogP contribution in [0, 0.1) is 0 Å². The first-order valence-electron chi connectivity index (χ1n) is 9.53. The first-order chi connectivity index (χ1) is 16.3. The molecule has 0 aliphatic heterocycles. The maximum atomic E-state index is 12.0. The fourth-order valence-electron chi connectivity index (χ4n) is 2.26. The topological polar surface area (TPSA) is 208 Å². The Morgan fingerprint density at radius 1 is 0.829 bits per heavy atom. The normalized spacial score (nSPS) is 14.1. The summed E-state index contributed by atoms with van der Waals surface area (Å²) in [6, 6.07) is 3.53. The quantitative estimate of drug-likeness (QED) is 0.0866. The number of phenols is 2. The zero-order valence-electron chi connectivity index (χ0n) is 18.2. The highest BCUT2D eigenvalue weighted by molar-refractivity contribution is 5.92. The van der Waals surface area contributed by atoms with Gasteiger partial charge in [0.05, 0.1) is 0 Å². The number of aliphatic hydroxyl groups excluding tert-OH is 2. The van der Waals surface area contributed by atoms with E-state index in [9.17, 15) is 49.8 Å². The van der Waals surface area contributed by atoms with Gasteiger partial charge in [-0.05, 0) is 48.4 Å². The van der Waals surface area contributed by atoms with Gasteiger partial charge in [-0.15, -0.1) is 0 Å². The number of carboxylic acid groups (broad SMARTS) is 2. The smallest absolute Gasteiger partial charge is 0.349 e. The molecule has 2 unspecified atom stereocenters. The Morgan fingerprint density at radius 3 is 1.86 bits per heavy atom. The van der Waals surface area contributed by atoms with E-state index in [4.69, 9.17) is 0 Å². The van der Waals surface area contributed by atoms with E-state index in [1.807, 2.05) is 0 Å². The molecular weight excluding hydrogens is 468 g/mol. The number of carbonyl (C=O) groups excluding carboxylic acids is 2. The Hall–Kier alpha value is -5.00. The molecule has 12 nitrogen and oxygen atoms in total. The number of hydrogen-bond donors (Lipinski definition) is 6. The van der Waals surface area contributed by atoms with E-state index in [-0.39, 0.29) is 11.1 Å². The van der Waals surface area contributed by atoms with E-state index in [0.29, 0.717) is 0 Å². The number of allylic oxidation sites excluding steroid dienone is 4. The molecule has 1 aromatic rings. The minimum Gasteiger partial charge on any atom is -0.504 e. The molecule has 12 heteroatoms. The standard InChI is InChI=1S/C23H22O12/c1-3-14(24)16(26)10-12(2)4-8-18(28)34-20(22(30)31)21(23(32)33)35-19(29)9-6-13-5-7-15(25)17(27)11-13/h3-11,20-21,24-27H,1H2,2H3,(H,30,31)(H,32,33)/b8-4+,9-6+,12-10+,16-14-. The van der Waals surface area contributed by atoms with Gasteiger partial charge in [-0.1, -0.05) is 18.7 Å². The largest absolute Gasteiger partial charge is 0.504 e. The van der Waals surface area contributed by atoms with Crippen LogP contribution in [-0.2, 0) is 28.7 Å². The van der Waals surface area contributed by atoms with E-state index < -0.39 is 59.1 Å². The van der Waals surface area contributed by atoms with E-state index in [0.717, 1.165) is 48.6 Å². The number of hydrogen-bond acceptors (Lipinski definition) is 10. The lowest BCUT2D eigenvalue weighted by Crippen LogP contribution is -2.45. The molecule has 6 N–H and O–H groups in total. The lowest BCUT2D eigenvalue weighted by atomic mass is 10.2. The molecule has 2 atom stereocenters. The molecule has 0 heterocycles. The summed E-state index contributed by atoms with van der Waals surface area (Å²) in [6.45, 7) is 4.65. The van der Waals surface area contributed by atoms with Crippen molar-refractivity contribution < 1.29 is 59.3 Å². The van der Waals surface area contributed by atoms with Crippen LogP contribution in [0.3, 0.4) is 0 Å². The van der Waals surface area contributed by atoms with Gasteiger partial charge in [0.1, 0.15) is 0 Å². The van der Waals surface area contributed by atoms with Crippen molar-refractivity contribution in [3.8, 4) is 11.5 Å². The van der Waals surface area contributed by atoms with Crippen molar-refractivity contribution in [2.75, 3.05) is 0 Å². The molecule has 35 heavy (non-hydrogen) atoms. The predicted octanol–water partition coefficient (Wildman–Crippen LogP) is 2.12. The van der Waals surface area contributed by atoms with Crippen molar-refractivity contribution in [1.82, 2.24) is 0 Å². The van der Waals surface area contributed by atoms with Crippen LogP contribution < -0.4 is 0 Å². The van der Waals surface area contributed by atoms with Crippen LogP contribution >= 0.6 is 0 Å². The molecule has 0 aromatic heterocycles. The Morgan fingerprint density at radius 2 is 1.37 bits per heavy atom. The third-order valence-electron chi connectivity index (χ3n) is 3.96. The predicted molar refractivity (Wildman–Crippen MR) is 119 cm³/mol. The fourth-order valence-corrected chi connectivity index (χ4v) is 2.26. The summed E-state index contributed by atoms with van der Waals surface area (Å²) in [6.07, 6.45) is 0.806. The van der Waals surface area contributed by atoms with Gasteiger partial charge in [0.25, 0.3) is 0 Å². The van der Waals surface area contributed by atoms with Gasteiger partial charge < -0.3 is 40.1 Å². The zero-order valence-corrected chi connectivity index (χ0v) is 18.2. The van der Waals surface area contributed by atoms with Crippen LogP contribution in [0.25, 0.3) is 6.08 Å². The Balaban J connectivity index is 2.97. The van der Waals surface area contributed by atoms with Crippen molar-refractivity contribution in [1.29, 1.82) is 0 Å². The molecule has 0 aliphatic carbocycles. The summed E-state index contributed by atoms with van der Waals surface area (Å²) in [5.41, 5.74) is 0.438. The van der Waals surface area contributed by atoms with E-state index in [2.05, 4.69) is 16.1 Å². The Kier molecular flexibility index (Phi) is 10.3. The molecule has 186 valence electrons. The molecule has 0 amide bonds. The second-order valence-corrected chi connectivity index (χ2v) is 6.67. The number of aliphatic hydroxyl groups is 2. The van der Waals surface area contributed by atoms with Crippen molar-refractivity contribution in [3.63, 3.8) is 0 Å². The number of rotatable bonds is 11. The average Bonchev–Trinajstić information content (AvgIpc) is 2.79. The molecule has 1 rings (SSSR count). The molecule has 0 radical (unpaired) electrons. The molecule has 0 spiro atoms. The Labute approximate surface area is 198 Å². The molecule has 0 saturated carbocycles. The fraction of sp³-hybridized carbons (Fsp3) is 0.130. The van der Waals surface area contributed by atoms with Crippen molar-refractivity contribution in [2.24, 2.45) is 0 Å². The third kappa shape index (κ3) is 9.18. The van der Waals surface area contributed by atoms with Crippen LogP contribution in [0.1, 0.15) is 12.5 Å². The van der Waals surface area contributed by atoms with Crippen LogP contribution in [-0.4, -0.2) is 66.7 Å². The molecule has 0 fully saturated rings. The van der Waals surface area contributed by atoms with E-state index >= 15 is 0 Å². The highest BCUT2D eigenvalue weighted by atomic mass is 16.6. The lowest BCUT2D eigenvalue weighted by Gasteiger charge is -2.19. The van der Waals surface area contributed by atoms with E-state index in [1.165, 1.54) is 13.0 Å². The van der Waals surface area contributed by atoms with Crippen molar-refractivity contribution in [2.45, 2.75) is 19.1 Å². The summed E-state index contributed by atoms with van der Waals surface area (Å²) in [5.74, 6) is -8.42.